The van der Waals surface area contributed by atoms with Gasteiger partial charge in [0, 0.05) is 19.8 Å². The van der Waals surface area contributed by atoms with Gasteiger partial charge in [-0.1, -0.05) is 12.1 Å². The van der Waals surface area contributed by atoms with E-state index in [0.29, 0.717) is 25.7 Å². The molecule has 0 aromatic heterocycles. The molecule has 20 heavy (non-hydrogen) atoms. The predicted octanol–water partition coefficient (Wildman–Crippen LogP) is 1.46. The van der Waals surface area contributed by atoms with Crippen LogP contribution in [0.3, 0.4) is 0 Å². The average molecular weight is 294 g/mol. The lowest BCUT2D eigenvalue weighted by Crippen LogP contribution is -2.32. The molecule has 1 fully saturated rings. The molecule has 0 aliphatic carbocycles. The van der Waals surface area contributed by atoms with Gasteiger partial charge in [0.2, 0.25) is 10.0 Å². The molecule has 0 unspecified atom stereocenters. The highest BCUT2D eigenvalue weighted by molar-refractivity contribution is 7.89. The molecule has 1 saturated heterocycles. The number of rotatable bonds is 5. The minimum atomic E-state index is -3.47. The molecule has 0 atom stereocenters. The van der Waals surface area contributed by atoms with E-state index in [0.717, 1.165) is 18.4 Å². The number of hydrogen-bond donors (Lipinski definition) is 1. The minimum absolute atomic E-state index is 0.242. The summed E-state index contributed by atoms with van der Waals surface area (Å²) >= 11 is 0. The fourth-order valence-corrected chi connectivity index (χ4v) is 3.26. The molecule has 0 saturated carbocycles. The summed E-state index contributed by atoms with van der Waals surface area (Å²) < 4.78 is 32.2. The SMILES string of the molecule is N#CCc1ccc(S(=O)(=O)NCC2CCOCC2)cc1. The van der Waals surface area contributed by atoms with Crippen molar-refractivity contribution in [3.05, 3.63) is 29.8 Å². The Bertz CT molecular complexity index is 569. The third-order valence-electron chi connectivity index (χ3n) is 3.42. The van der Waals surface area contributed by atoms with Gasteiger partial charge in [-0.2, -0.15) is 5.26 Å². The predicted molar refractivity (Wildman–Crippen MR) is 74.5 cm³/mol. The largest absolute Gasteiger partial charge is 0.381 e. The second kappa shape index (κ2) is 6.84. The van der Waals surface area contributed by atoms with Crippen LogP contribution in [0.2, 0.25) is 0 Å². The second-order valence-corrected chi connectivity index (χ2v) is 6.65. The van der Waals surface area contributed by atoms with Crippen molar-refractivity contribution in [3.8, 4) is 6.07 Å². The lowest BCUT2D eigenvalue weighted by atomic mass is 10.0. The Morgan fingerprint density at radius 1 is 1.25 bits per heavy atom. The number of hydrogen-bond acceptors (Lipinski definition) is 4. The summed E-state index contributed by atoms with van der Waals surface area (Å²) in [6, 6.07) is 8.46. The van der Waals surface area contributed by atoms with Crippen LogP contribution in [-0.2, 0) is 21.2 Å². The molecular formula is C14H18N2O3S. The Labute approximate surface area is 119 Å². The van der Waals surface area contributed by atoms with Gasteiger partial charge in [0.1, 0.15) is 0 Å². The van der Waals surface area contributed by atoms with E-state index in [1.54, 1.807) is 24.3 Å². The molecule has 1 aliphatic heterocycles. The monoisotopic (exact) mass is 294 g/mol. The molecule has 5 nitrogen and oxygen atoms in total. The van der Waals surface area contributed by atoms with Crippen LogP contribution in [0.15, 0.2) is 29.2 Å². The Morgan fingerprint density at radius 3 is 2.50 bits per heavy atom. The molecule has 1 aromatic carbocycles. The van der Waals surface area contributed by atoms with E-state index in [1.807, 2.05) is 6.07 Å². The van der Waals surface area contributed by atoms with Crippen LogP contribution in [0.25, 0.3) is 0 Å². The van der Waals surface area contributed by atoms with Gasteiger partial charge in [0.15, 0.2) is 0 Å². The molecule has 1 heterocycles. The third-order valence-corrected chi connectivity index (χ3v) is 4.86. The van der Waals surface area contributed by atoms with Crippen molar-refractivity contribution in [2.75, 3.05) is 19.8 Å². The van der Waals surface area contributed by atoms with E-state index in [-0.39, 0.29) is 11.3 Å². The van der Waals surface area contributed by atoms with Crippen molar-refractivity contribution < 1.29 is 13.2 Å². The van der Waals surface area contributed by atoms with E-state index < -0.39 is 10.0 Å². The van der Waals surface area contributed by atoms with Gasteiger partial charge >= 0.3 is 0 Å². The summed E-state index contributed by atoms with van der Waals surface area (Å²) in [4.78, 5) is 0.242. The highest BCUT2D eigenvalue weighted by Gasteiger charge is 2.18. The van der Waals surface area contributed by atoms with E-state index in [4.69, 9.17) is 10.00 Å². The first-order valence-corrected chi connectivity index (χ1v) is 8.13. The van der Waals surface area contributed by atoms with Crippen LogP contribution in [0.1, 0.15) is 18.4 Å². The third kappa shape index (κ3) is 4.04. The molecule has 0 amide bonds. The normalized spacial score (nSPS) is 16.8. The van der Waals surface area contributed by atoms with E-state index in [9.17, 15) is 8.42 Å². The standard InChI is InChI=1S/C14H18N2O3S/c15-8-5-12-1-3-14(4-2-12)20(17,18)16-11-13-6-9-19-10-7-13/h1-4,13,16H,5-7,9-11H2. The summed E-state index contributed by atoms with van der Waals surface area (Å²) in [5.41, 5.74) is 0.816. The summed E-state index contributed by atoms with van der Waals surface area (Å²) in [6.45, 7) is 1.86. The van der Waals surface area contributed by atoms with E-state index >= 15 is 0 Å². The number of nitriles is 1. The van der Waals surface area contributed by atoms with Crippen LogP contribution in [0, 0.1) is 17.2 Å². The summed E-state index contributed by atoms with van der Waals surface area (Å²) in [5, 5.41) is 8.59. The molecule has 2 rings (SSSR count). The maximum Gasteiger partial charge on any atom is 0.240 e. The van der Waals surface area contributed by atoms with Gasteiger partial charge in [-0.3, -0.25) is 0 Å². The first-order chi connectivity index (χ1) is 9.62. The molecule has 0 spiro atoms. The van der Waals surface area contributed by atoms with Crippen LogP contribution < -0.4 is 4.72 Å². The van der Waals surface area contributed by atoms with Crippen LogP contribution >= 0.6 is 0 Å². The van der Waals surface area contributed by atoms with Gasteiger partial charge in [-0.25, -0.2) is 13.1 Å². The van der Waals surface area contributed by atoms with Gasteiger partial charge in [0.25, 0.3) is 0 Å². The fourth-order valence-electron chi connectivity index (χ4n) is 2.14. The molecule has 1 aromatic rings. The number of ether oxygens (including phenoxy) is 1. The van der Waals surface area contributed by atoms with Crippen molar-refractivity contribution in [2.24, 2.45) is 5.92 Å². The summed E-state index contributed by atoms with van der Waals surface area (Å²) in [6.07, 6.45) is 2.07. The van der Waals surface area contributed by atoms with Crippen molar-refractivity contribution in [1.82, 2.24) is 4.72 Å². The molecule has 6 heteroatoms. The molecule has 0 radical (unpaired) electrons. The maximum atomic E-state index is 12.1. The van der Waals surface area contributed by atoms with Gasteiger partial charge in [0.05, 0.1) is 17.4 Å². The quantitative estimate of drug-likeness (QED) is 0.891. The highest BCUT2D eigenvalue weighted by Crippen LogP contribution is 2.15. The van der Waals surface area contributed by atoms with Crippen molar-refractivity contribution >= 4 is 10.0 Å². The smallest absolute Gasteiger partial charge is 0.240 e. The molecule has 0 bridgehead atoms. The van der Waals surface area contributed by atoms with Crippen molar-refractivity contribution in [1.29, 1.82) is 5.26 Å². The number of nitrogens with one attached hydrogen (secondary N) is 1. The first kappa shape index (κ1) is 15.0. The van der Waals surface area contributed by atoms with Crippen molar-refractivity contribution in [3.63, 3.8) is 0 Å². The Morgan fingerprint density at radius 2 is 1.90 bits per heavy atom. The zero-order valence-corrected chi connectivity index (χ0v) is 12.0. The number of sulfonamides is 1. The zero-order valence-electron chi connectivity index (χ0n) is 11.2. The van der Waals surface area contributed by atoms with Gasteiger partial charge < -0.3 is 4.74 Å². The number of benzene rings is 1. The minimum Gasteiger partial charge on any atom is -0.381 e. The fraction of sp³-hybridized carbons (Fsp3) is 0.500. The zero-order chi connectivity index (χ0) is 14.4. The average Bonchev–Trinajstić information content (AvgIpc) is 2.47. The molecule has 108 valence electrons. The lowest BCUT2D eigenvalue weighted by molar-refractivity contribution is 0.0678. The van der Waals surface area contributed by atoms with Crippen LogP contribution in [0.5, 0.6) is 0 Å². The van der Waals surface area contributed by atoms with Crippen LogP contribution in [-0.4, -0.2) is 28.2 Å². The van der Waals surface area contributed by atoms with E-state index in [2.05, 4.69) is 4.72 Å². The summed E-state index contributed by atoms with van der Waals surface area (Å²) in [5.74, 6) is 0.344. The van der Waals surface area contributed by atoms with Gasteiger partial charge in [-0.05, 0) is 36.5 Å². The van der Waals surface area contributed by atoms with E-state index in [1.165, 1.54) is 0 Å². The maximum absolute atomic E-state index is 12.1. The van der Waals surface area contributed by atoms with Crippen molar-refractivity contribution in [2.45, 2.75) is 24.2 Å². The first-order valence-electron chi connectivity index (χ1n) is 6.65. The lowest BCUT2D eigenvalue weighted by Gasteiger charge is -2.22. The Balaban J connectivity index is 1.96. The number of nitrogens with zero attached hydrogens (tertiary/aromatic N) is 1. The molecule has 1 aliphatic rings. The van der Waals surface area contributed by atoms with Gasteiger partial charge in [-0.15, -0.1) is 0 Å². The topological polar surface area (TPSA) is 79.2 Å². The van der Waals surface area contributed by atoms with Crippen LogP contribution in [0.4, 0.5) is 0 Å². The molecular weight excluding hydrogens is 276 g/mol. The second-order valence-electron chi connectivity index (χ2n) is 4.89. The molecule has 1 N–H and O–H groups in total. The Hall–Kier alpha value is -1.42. The Kier molecular flexibility index (Phi) is 5.12. The summed E-state index contributed by atoms with van der Waals surface area (Å²) in [7, 11) is -3.47. The highest BCUT2D eigenvalue weighted by atomic mass is 32.2.